The van der Waals surface area contributed by atoms with Crippen LogP contribution in [0.2, 0.25) is 0 Å². The number of pyridine rings is 1. The second-order valence-corrected chi connectivity index (χ2v) is 7.52. The minimum atomic E-state index is -0.251. The maximum atomic E-state index is 12.3. The summed E-state index contributed by atoms with van der Waals surface area (Å²) in [5.74, 6) is 1.06. The Morgan fingerprint density at radius 2 is 1.57 bits per heavy atom. The number of amides is 2. The van der Waals surface area contributed by atoms with E-state index in [0.29, 0.717) is 0 Å². The third-order valence-corrected chi connectivity index (χ3v) is 5.25. The fraction of sp³-hybridized carbons (Fsp3) is 0.304. The molecular weight excluding hydrogens is 348 g/mol. The van der Waals surface area contributed by atoms with Crippen LogP contribution in [0.25, 0.3) is 10.9 Å². The van der Waals surface area contributed by atoms with Crippen LogP contribution in [0.3, 0.4) is 0 Å². The molecule has 0 unspecified atom stereocenters. The molecule has 1 fully saturated rings. The first-order chi connectivity index (χ1) is 13.6. The second-order valence-electron chi connectivity index (χ2n) is 7.52. The number of hydrogen-bond donors (Lipinski definition) is 2. The molecule has 1 aromatic heterocycles. The standard InChI is InChI=1S/C23H26N4O/c1-16-6-8-18(9-7-16)24-23(28)25-19-10-11-21-20(15-19)17(2)14-22(26-21)27-12-4-3-5-13-27/h6-11,14-15H,3-5,12-13H2,1-2H3,(H2,24,25,28). The van der Waals surface area contributed by atoms with Crippen molar-refractivity contribution in [1.29, 1.82) is 0 Å². The van der Waals surface area contributed by atoms with E-state index in [1.165, 1.54) is 24.8 Å². The van der Waals surface area contributed by atoms with Crippen LogP contribution in [0.5, 0.6) is 0 Å². The Labute approximate surface area is 165 Å². The van der Waals surface area contributed by atoms with Gasteiger partial charge in [-0.15, -0.1) is 0 Å². The molecule has 1 aliphatic heterocycles. The van der Waals surface area contributed by atoms with E-state index in [2.05, 4.69) is 28.5 Å². The molecule has 0 saturated carbocycles. The summed E-state index contributed by atoms with van der Waals surface area (Å²) < 4.78 is 0. The third-order valence-electron chi connectivity index (χ3n) is 5.25. The zero-order valence-corrected chi connectivity index (χ0v) is 16.5. The third kappa shape index (κ3) is 4.09. The molecule has 2 amide bonds. The number of nitrogens with one attached hydrogen (secondary N) is 2. The number of aryl methyl sites for hydroxylation is 2. The first kappa shape index (κ1) is 18.3. The zero-order chi connectivity index (χ0) is 19.5. The van der Waals surface area contributed by atoms with Crippen molar-refractivity contribution in [3.05, 3.63) is 59.7 Å². The van der Waals surface area contributed by atoms with E-state index < -0.39 is 0 Å². The Bertz CT molecular complexity index is 991. The van der Waals surface area contributed by atoms with Gasteiger partial charge in [-0.25, -0.2) is 9.78 Å². The summed E-state index contributed by atoms with van der Waals surface area (Å²) in [6.45, 7) is 6.28. The molecule has 0 bridgehead atoms. The van der Waals surface area contributed by atoms with E-state index >= 15 is 0 Å². The molecule has 3 aromatic rings. The zero-order valence-electron chi connectivity index (χ0n) is 16.5. The Morgan fingerprint density at radius 1 is 0.893 bits per heavy atom. The summed E-state index contributed by atoms with van der Waals surface area (Å²) in [6, 6.07) is 15.5. The van der Waals surface area contributed by atoms with Crippen molar-refractivity contribution < 1.29 is 4.79 Å². The summed E-state index contributed by atoms with van der Waals surface area (Å²) in [7, 11) is 0. The van der Waals surface area contributed by atoms with Crippen molar-refractivity contribution in [3.63, 3.8) is 0 Å². The molecule has 2 aromatic carbocycles. The number of carbonyl (C=O) groups excluding carboxylic acids is 1. The van der Waals surface area contributed by atoms with Gasteiger partial charge in [0.25, 0.3) is 0 Å². The lowest BCUT2D eigenvalue weighted by atomic mass is 10.1. The van der Waals surface area contributed by atoms with Crippen molar-refractivity contribution in [2.24, 2.45) is 0 Å². The fourth-order valence-electron chi connectivity index (χ4n) is 3.67. The number of rotatable bonds is 3. The molecule has 0 radical (unpaired) electrons. The van der Waals surface area contributed by atoms with Gasteiger partial charge in [-0.1, -0.05) is 17.7 Å². The Hall–Kier alpha value is -3.08. The average molecular weight is 374 g/mol. The highest BCUT2D eigenvalue weighted by Crippen LogP contribution is 2.27. The van der Waals surface area contributed by atoms with Crippen LogP contribution >= 0.6 is 0 Å². The minimum Gasteiger partial charge on any atom is -0.357 e. The van der Waals surface area contributed by atoms with E-state index in [-0.39, 0.29) is 6.03 Å². The molecule has 144 valence electrons. The van der Waals surface area contributed by atoms with Gasteiger partial charge in [0.05, 0.1) is 5.52 Å². The molecule has 5 nitrogen and oxygen atoms in total. The molecule has 28 heavy (non-hydrogen) atoms. The van der Waals surface area contributed by atoms with Crippen LogP contribution in [0.1, 0.15) is 30.4 Å². The Morgan fingerprint density at radius 3 is 2.32 bits per heavy atom. The van der Waals surface area contributed by atoms with Crippen LogP contribution < -0.4 is 15.5 Å². The topological polar surface area (TPSA) is 57.3 Å². The number of carbonyl (C=O) groups is 1. The smallest absolute Gasteiger partial charge is 0.323 e. The van der Waals surface area contributed by atoms with Crippen molar-refractivity contribution in [1.82, 2.24) is 4.98 Å². The Balaban J connectivity index is 1.51. The SMILES string of the molecule is Cc1ccc(NC(=O)Nc2ccc3nc(N4CCCCC4)cc(C)c3c2)cc1. The molecule has 0 atom stereocenters. The second kappa shape index (κ2) is 7.89. The molecule has 2 heterocycles. The summed E-state index contributed by atoms with van der Waals surface area (Å²) in [5.41, 5.74) is 4.83. The molecule has 0 aliphatic carbocycles. The van der Waals surface area contributed by atoms with Gasteiger partial charge in [0.1, 0.15) is 5.82 Å². The molecule has 5 heteroatoms. The highest BCUT2D eigenvalue weighted by atomic mass is 16.2. The molecular formula is C23H26N4O. The summed E-state index contributed by atoms with van der Waals surface area (Å²) in [5, 5.41) is 6.84. The van der Waals surface area contributed by atoms with E-state index in [9.17, 15) is 4.79 Å². The van der Waals surface area contributed by atoms with Gasteiger partial charge in [0.2, 0.25) is 0 Å². The maximum Gasteiger partial charge on any atom is 0.323 e. The predicted molar refractivity (Wildman–Crippen MR) is 116 cm³/mol. The average Bonchev–Trinajstić information content (AvgIpc) is 2.71. The number of urea groups is 1. The Kier molecular flexibility index (Phi) is 5.15. The van der Waals surface area contributed by atoms with Crippen LogP contribution in [0.15, 0.2) is 48.5 Å². The van der Waals surface area contributed by atoms with E-state index in [1.54, 1.807) is 0 Å². The molecule has 0 spiro atoms. The monoisotopic (exact) mass is 374 g/mol. The number of aromatic nitrogens is 1. The largest absolute Gasteiger partial charge is 0.357 e. The van der Waals surface area contributed by atoms with Gasteiger partial charge >= 0.3 is 6.03 Å². The molecule has 4 rings (SSSR count). The van der Waals surface area contributed by atoms with Gasteiger partial charge in [-0.05, 0) is 75.1 Å². The molecule has 1 saturated heterocycles. The summed E-state index contributed by atoms with van der Waals surface area (Å²) in [6.07, 6.45) is 3.78. The summed E-state index contributed by atoms with van der Waals surface area (Å²) >= 11 is 0. The molecule has 2 N–H and O–H groups in total. The van der Waals surface area contributed by atoms with E-state index in [4.69, 9.17) is 4.98 Å². The fourth-order valence-corrected chi connectivity index (χ4v) is 3.67. The maximum absolute atomic E-state index is 12.3. The van der Waals surface area contributed by atoms with Gasteiger partial charge < -0.3 is 15.5 Å². The van der Waals surface area contributed by atoms with Crippen molar-refractivity contribution in [2.45, 2.75) is 33.1 Å². The summed E-state index contributed by atoms with van der Waals surface area (Å²) in [4.78, 5) is 19.5. The number of nitrogens with zero attached hydrogens (tertiary/aromatic N) is 2. The lowest BCUT2D eigenvalue weighted by Gasteiger charge is -2.28. The lowest BCUT2D eigenvalue weighted by molar-refractivity contribution is 0.262. The molecule has 1 aliphatic rings. The van der Waals surface area contributed by atoms with Gasteiger partial charge in [0.15, 0.2) is 0 Å². The van der Waals surface area contributed by atoms with Gasteiger partial charge in [-0.2, -0.15) is 0 Å². The van der Waals surface area contributed by atoms with Gasteiger partial charge in [-0.3, -0.25) is 0 Å². The number of piperidine rings is 1. The highest BCUT2D eigenvalue weighted by Gasteiger charge is 2.14. The first-order valence-electron chi connectivity index (χ1n) is 9.89. The quantitative estimate of drug-likeness (QED) is 0.638. The van der Waals surface area contributed by atoms with E-state index in [0.717, 1.165) is 46.7 Å². The number of anilines is 3. The van der Waals surface area contributed by atoms with Crippen LogP contribution in [0.4, 0.5) is 22.0 Å². The van der Waals surface area contributed by atoms with Crippen LogP contribution in [0, 0.1) is 13.8 Å². The lowest BCUT2D eigenvalue weighted by Crippen LogP contribution is -2.30. The normalized spacial score (nSPS) is 14.1. The van der Waals surface area contributed by atoms with Crippen molar-refractivity contribution in [2.75, 3.05) is 28.6 Å². The number of fused-ring (bicyclic) bond motifs is 1. The van der Waals surface area contributed by atoms with Crippen LogP contribution in [-0.4, -0.2) is 24.1 Å². The number of hydrogen-bond acceptors (Lipinski definition) is 3. The van der Waals surface area contributed by atoms with Gasteiger partial charge in [0, 0.05) is 29.9 Å². The first-order valence-corrected chi connectivity index (χ1v) is 9.89. The highest BCUT2D eigenvalue weighted by molar-refractivity contribution is 6.01. The predicted octanol–water partition coefficient (Wildman–Crippen LogP) is 5.49. The van der Waals surface area contributed by atoms with E-state index in [1.807, 2.05) is 49.4 Å². The van der Waals surface area contributed by atoms with Crippen molar-refractivity contribution in [3.8, 4) is 0 Å². The number of benzene rings is 2. The van der Waals surface area contributed by atoms with Crippen molar-refractivity contribution >= 4 is 34.1 Å². The minimum absolute atomic E-state index is 0.251. The van der Waals surface area contributed by atoms with Crippen LogP contribution in [-0.2, 0) is 0 Å².